The first kappa shape index (κ1) is 10.6. The maximum absolute atomic E-state index is 5.59. The molecule has 4 heteroatoms. The van der Waals surface area contributed by atoms with E-state index in [-0.39, 0.29) is 5.41 Å². The number of hydrogen-bond donors (Lipinski definition) is 2. The lowest BCUT2D eigenvalue weighted by Crippen LogP contribution is -2.24. The molecule has 0 bridgehead atoms. The molecule has 90 valence electrons. The molecule has 1 aliphatic carbocycles. The summed E-state index contributed by atoms with van der Waals surface area (Å²) in [4.78, 5) is 7.88. The van der Waals surface area contributed by atoms with Crippen LogP contribution < -0.4 is 5.32 Å². The molecule has 1 fully saturated rings. The monoisotopic (exact) mass is 231 g/mol. The first-order chi connectivity index (χ1) is 8.23. The first-order valence-electron chi connectivity index (χ1n) is 6.00. The lowest BCUT2D eigenvalue weighted by atomic mass is 10.1. The van der Waals surface area contributed by atoms with Gasteiger partial charge in [-0.05, 0) is 38.9 Å². The Kier molecular flexibility index (Phi) is 2.33. The Morgan fingerprint density at radius 3 is 2.88 bits per heavy atom. The second kappa shape index (κ2) is 3.74. The highest BCUT2D eigenvalue weighted by atomic mass is 16.3. The molecule has 0 saturated heterocycles. The summed E-state index contributed by atoms with van der Waals surface area (Å²) in [5.74, 6) is 2.87. The number of nitrogens with one attached hydrogen (secondary N) is 2. The molecular formula is C13H17N3O. The minimum atomic E-state index is 0.231. The zero-order valence-corrected chi connectivity index (χ0v) is 10.2. The van der Waals surface area contributed by atoms with Crippen molar-refractivity contribution in [1.29, 1.82) is 0 Å². The van der Waals surface area contributed by atoms with E-state index in [2.05, 4.69) is 15.3 Å². The van der Waals surface area contributed by atoms with Crippen LogP contribution in [-0.2, 0) is 5.41 Å². The number of aryl methyl sites for hydroxylation is 1. The third-order valence-corrected chi connectivity index (χ3v) is 3.45. The molecule has 2 aromatic rings. The van der Waals surface area contributed by atoms with Gasteiger partial charge < -0.3 is 14.7 Å². The number of furan rings is 1. The van der Waals surface area contributed by atoms with Gasteiger partial charge in [-0.3, -0.25) is 0 Å². The van der Waals surface area contributed by atoms with Crippen LogP contribution in [0.3, 0.4) is 0 Å². The van der Waals surface area contributed by atoms with E-state index in [0.717, 1.165) is 29.6 Å². The minimum Gasteiger partial charge on any atom is -0.460 e. The molecule has 1 saturated carbocycles. The van der Waals surface area contributed by atoms with Crippen LogP contribution in [0.25, 0.3) is 11.5 Å². The molecule has 0 spiro atoms. The largest absolute Gasteiger partial charge is 0.460 e. The van der Waals surface area contributed by atoms with Crippen LogP contribution in [0.4, 0.5) is 0 Å². The fraction of sp³-hybridized carbons (Fsp3) is 0.462. The van der Waals surface area contributed by atoms with E-state index < -0.39 is 0 Å². The van der Waals surface area contributed by atoms with Gasteiger partial charge in [-0.15, -0.1) is 0 Å². The van der Waals surface area contributed by atoms with Gasteiger partial charge in [-0.2, -0.15) is 0 Å². The lowest BCUT2D eigenvalue weighted by Gasteiger charge is -2.10. The van der Waals surface area contributed by atoms with Gasteiger partial charge in [0.25, 0.3) is 0 Å². The predicted octanol–water partition coefficient (Wildman–Crippen LogP) is 2.23. The number of H-pyrrole nitrogens is 1. The van der Waals surface area contributed by atoms with Crippen LogP contribution in [0.2, 0.25) is 0 Å². The van der Waals surface area contributed by atoms with Gasteiger partial charge in [0.2, 0.25) is 0 Å². The number of aromatic amines is 1. The maximum atomic E-state index is 5.59. The molecule has 1 aliphatic rings. The summed E-state index contributed by atoms with van der Waals surface area (Å²) in [5.41, 5.74) is 1.20. The number of hydrogen-bond acceptors (Lipinski definition) is 3. The molecule has 3 rings (SSSR count). The zero-order valence-electron chi connectivity index (χ0n) is 10.2. The van der Waals surface area contributed by atoms with E-state index in [1.54, 1.807) is 0 Å². The summed E-state index contributed by atoms with van der Waals surface area (Å²) < 4.78 is 5.59. The molecule has 2 heterocycles. The molecular weight excluding hydrogens is 214 g/mol. The molecule has 0 unspecified atom stereocenters. The molecule has 0 atom stereocenters. The Hall–Kier alpha value is -1.55. The van der Waals surface area contributed by atoms with Crippen molar-refractivity contribution in [3.8, 4) is 11.5 Å². The fourth-order valence-corrected chi connectivity index (χ4v) is 2.28. The van der Waals surface area contributed by atoms with Crippen molar-refractivity contribution in [1.82, 2.24) is 15.3 Å². The highest BCUT2D eigenvalue weighted by molar-refractivity contribution is 5.52. The average molecular weight is 231 g/mol. The molecule has 17 heavy (non-hydrogen) atoms. The number of rotatable bonds is 4. The Balaban J connectivity index is 1.88. The first-order valence-corrected chi connectivity index (χ1v) is 6.00. The van der Waals surface area contributed by atoms with Crippen molar-refractivity contribution in [2.75, 3.05) is 13.6 Å². The second-order valence-corrected chi connectivity index (χ2v) is 4.87. The van der Waals surface area contributed by atoms with Gasteiger partial charge in [0.15, 0.2) is 5.76 Å². The van der Waals surface area contributed by atoms with Gasteiger partial charge in [-0.1, -0.05) is 0 Å². The van der Waals surface area contributed by atoms with Crippen LogP contribution in [-0.4, -0.2) is 23.6 Å². The number of nitrogens with zero attached hydrogens (tertiary/aromatic N) is 1. The van der Waals surface area contributed by atoms with Crippen LogP contribution in [0.15, 0.2) is 22.7 Å². The second-order valence-electron chi connectivity index (χ2n) is 4.87. The Bertz CT molecular complexity index is 522. The standard InChI is InChI=1S/C13H17N3O/c1-9-3-4-11(17-9)10-7-15-12(16-10)13(5-6-13)8-14-2/h3-4,7,14H,5-6,8H2,1-2H3,(H,15,16). The van der Waals surface area contributed by atoms with E-state index in [4.69, 9.17) is 4.42 Å². The number of likely N-dealkylation sites (N-methyl/N-ethyl adjacent to an activating group) is 1. The smallest absolute Gasteiger partial charge is 0.152 e. The van der Waals surface area contributed by atoms with Crippen molar-refractivity contribution >= 4 is 0 Å². The third-order valence-electron chi connectivity index (χ3n) is 3.45. The van der Waals surface area contributed by atoms with E-state index in [0.29, 0.717) is 0 Å². The van der Waals surface area contributed by atoms with Crippen LogP contribution in [0.1, 0.15) is 24.4 Å². The summed E-state index contributed by atoms with van der Waals surface area (Å²) in [6.45, 7) is 2.93. The molecule has 0 aliphatic heterocycles. The van der Waals surface area contributed by atoms with Crippen molar-refractivity contribution in [2.24, 2.45) is 0 Å². The van der Waals surface area contributed by atoms with E-state index in [9.17, 15) is 0 Å². The van der Waals surface area contributed by atoms with Crippen LogP contribution in [0.5, 0.6) is 0 Å². The van der Waals surface area contributed by atoms with E-state index in [1.165, 1.54) is 12.8 Å². The quantitative estimate of drug-likeness (QED) is 0.848. The average Bonchev–Trinajstić information content (AvgIpc) is 2.79. The maximum Gasteiger partial charge on any atom is 0.152 e. The van der Waals surface area contributed by atoms with Crippen molar-refractivity contribution in [3.05, 3.63) is 29.9 Å². The van der Waals surface area contributed by atoms with E-state index in [1.807, 2.05) is 32.3 Å². The predicted molar refractivity (Wildman–Crippen MR) is 65.9 cm³/mol. The summed E-state index contributed by atoms with van der Waals surface area (Å²) in [6, 6.07) is 3.95. The Labute approximate surface area is 100 Å². The highest BCUT2D eigenvalue weighted by Crippen LogP contribution is 2.46. The molecule has 0 amide bonds. The molecule has 4 nitrogen and oxygen atoms in total. The summed E-state index contributed by atoms with van der Waals surface area (Å²) in [5, 5.41) is 3.24. The van der Waals surface area contributed by atoms with Gasteiger partial charge in [0.05, 0.1) is 6.20 Å². The molecule has 0 aromatic carbocycles. The van der Waals surface area contributed by atoms with Crippen molar-refractivity contribution in [2.45, 2.75) is 25.2 Å². The zero-order chi connectivity index (χ0) is 11.9. The SMILES string of the molecule is CNCC1(c2ncc(-c3ccc(C)o3)[nH]2)CC1. The van der Waals surface area contributed by atoms with Crippen LogP contribution >= 0.6 is 0 Å². The summed E-state index contributed by atoms with van der Waals surface area (Å²) in [7, 11) is 1.99. The third kappa shape index (κ3) is 1.78. The number of aromatic nitrogens is 2. The number of imidazole rings is 1. The fourth-order valence-electron chi connectivity index (χ4n) is 2.28. The van der Waals surface area contributed by atoms with Crippen molar-refractivity contribution in [3.63, 3.8) is 0 Å². The highest BCUT2D eigenvalue weighted by Gasteiger charge is 2.46. The molecule has 2 N–H and O–H groups in total. The van der Waals surface area contributed by atoms with Gasteiger partial charge in [0.1, 0.15) is 17.3 Å². The molecule has 2 aromatic heterocycles. The normalized spacial score (nSPS) is 17.3. The van der Waals surface area contributed by atoms with Gasteiger partial charge >= 0.3 is 0 Å². The Morgan fingerprint density at radius 1 is 1.47 bits per heavy atom. The van der Waals surface area contributed by atoms with Crippen LogP contribution in [0, 0.1) is 6.92 Å². The summed E-state index contributed by atoms with van der Waals surface area (Å²) >= 11 is 0. The molecule has 0 radical (unpaired) electrons. The van der Waals surface area contributed by atoms with Gasteiger partial charge in [0, 0.05) is 12.0 Å². The topological polar surface area (TPSA) is 53.9 Å². The van der Waals surface area contributed by atoms with Gasteiger partial charge in [-0.25, -0.2) is 4.98 Å². The Morgan fingerprint density at radius 2 is 2.29 bits per heavy atom. The minimum absolute atomic E-state index is 0.231. The lowest BCUT2D eigenvalue weighted by molar-refractivity contribution is 0.545. The van der Waals surface area contributed by atoms with Crippen molar-refractivity contribution < 1.29 is 4.42 Å². The summed E-state index contributed by atoms with van der Waals surface area (Å²) in [6.07, 6.45) is 4.28. The van der Waals surface area contributed by atoms with E-state index >= 15 is 0 Å².